The smallest absolute Gasteiger partial charge is 0.0657 e. The number of hydrogen-bond acceptors (Lipinski definition) is 3. The monoisotopic (exact) mass is 255 g/mol. The first kappa shape index (κ1) is 14.6. The zero-order chi connectivity index (χ0) is 12.7. The minimum Gasteiger partial charge on any atom is -0.330 e. The molecule has 0 aliphatic carbocycles. The molecule has 0 saturated carbocycles. The lowest BCUT2D eigenvalue weighted by atomic mass is 10.1. The number of nitrogens with zero attached hydrogens (tertiary/aromatic N) is 2. The van der Waals surface area contributed by atoms with Crippen molar-refractivity contribution in [1.82, 2.24) is 9.78 Å². The number of hydrogen-bond donors (Lipinski definition) is 1. The number of nitrogens with two attached hydrogens (primary N) is 1. The van der Waals surface area contributed by atoms with Gasteiger partial charge in [-0.15, -0.1) is 0 Å². The molecule has 0 bridgehead atoms. The highest BCUT2D eigenvalue weighted by Gasteiger charge is 2.14. The van der Waals surface area contributed by atoms with Crippen LogP contribution < -0.4 is 5.73 Å². The number of aromatic nitrogens is 2. The number of aryl methyl sites for hydroxylation is 2. The predicted octanol–water partition coefficient (Wildman–Crippen LogP) is 2.26. The van der Waals surface area contributed by atoms with E-state index in [0.29, 0.717) is 0 Å². The molecule has 1 aromatic heterocycles. The molecule has 0 radical (unpaired) electrons. The van der Waals surface area contributed by atoms with Crippen molar-refractivity contribution < 1.29 is 0 Å². The minimum atomic E-state index is 0.719. The number of rotatable bonds is 8. The van der Waals surface area contributed by atoms with E-state index < -0.39 is 0 Å². The van der Waals surface area contributed by atoms with Gasteiger partial charge in [-0.25, -0.2) is 0 Å². The molecule has 1 heterocycles. The van der Waals surface area contributed by atoms with Gasteiger partial charge in [0, 0.05) is 12.2 Å². The van der Waals surface area contributed by atoms with Crippen LogP contribution in [-0.4, -0.2) is 28.3 Å². The molecule has 0 aromatic carbocycles. The summed E-state index contributed by atoms with van der Waals surface area (Å²) in [4.78, 5) is 0. The lowest BCUT2D eigenvalue weighted by Crippen LogP contribution is -2.08. The minimum absolute atomic E-state index is 0.719. The van der Waals surface area contributed by atoms with E-state index in [1.165, 1.54) is 29.1 Å². The van der Waals surface area contributed by atoms with Crippen molar-refractivity contribution in [1.29, 1.82) is 0 Å². The molecule has 3 nitrogen and oxygen atoms in total. The van der Waals surface area contributed by atoms with Crippen LogP contribution in [0.5, 0.6) is 0 Å². The van der Waals surface area contributed by atoms with Crippen molar-refractivity contribution in [2.45, 2.75) is 46.1 Å². The molecule has 17 heavy (non-hydrogen) atoms. The van der Waals surface area contributed by atoms with Gasteiger partial charge in [0.15, 0.2) is 0 Å². The van der Waals surface area contributed by atoms with E-state index in [0.717, 1.165) is 32.4 Å². The fraction of sp³-hybridized carbons (Fsp3) is 0.769. The van der Waals surface area contributed by atoms with Gasteiger partial charge in [-0.05, 0) is 49.8 Å². The summed E-state index contributed by atoms with van der Waals surface area (Å²) < 4.78 is 2.21. The van der Waals surface area contributed by atoms with Crippen molar-refractivity contribution in [2.24, 2.45) is 5.73 Å². The van der Waals surface area contributed by atoms with Crippen LogP contribution in [0.2, 0.25) is 0 Å². The summed E-state index contributed by atoms with van der Waals surface area (Å²) in [6.07, 6.45) is 6.39. The highest BCUT2D eigenvalue weighted by Crippen LogP contribution is 2.17. The molecule has 0 atom stereocenters. The second-order valence-corrected chi connectivity index (χ2v) is 5.17. The Morgan fingerprint density at radius 2 is 2.06 bits per heavy atom. The van der Waals surface area contributed by atoms with Crippen molar-refractivity contribution in [3.63, 3.8) is 0 Å². The van der Waals surface area contributed by atoms with Gasteiger partial charge in [-0.1, -0.05) is 13.8 Å². The van der Waals surface area contributed by atoms with Gasteiger partial charge in [-0.3, -0.25) is 4.68 Å². The molecule has 0 spiro atoms. The summed E-state index contributed by atoms with van der Waals surface area (Å²) in [5, 5.41) is 4.74. The van der Waals surface area contributed by atoms with Crippen LogP contribution >= 0.6 is 11.8 Å². The summed E-state index contributed by atoms with van der Waals surface area (Å²) >= 11 is 1.90. The van der Waals surface area contributed by atoms with E-state index in [-0.39, 0.29) is 0 Å². The predicted molar refractivity (Wildman–Crippen MR) is 76.7 cm³/mol. The molecule has 0 aliphatic heterocycles. The van der Waals surface area contributed by atoms with E-state index >= 15 is 0 Å². The maximum absolute atomic E-state index is 5.70. The van der Waals surface area contributed by atoms with E-state index in [9.17, 15) is 0 Å². The third-order valence-electron chi connectivity index (χ3n) is 3.03. The molecule has 0 fully saturated rings. The Kier molecular flexibility index (Phi) is 6.66. The van der Waals surface area contributed by atoms with Gasteiger partial charge in [0.05, 0.1) is 5.69 Å². The first-order chi connectivity index (χ1) is 8.28. The molecule has 0 aliphatic rings. The fourth-order valence-corrected chi connectivity index (χ4v) is 2.66. The Balaban J connectivity index is 2.87. The van der Waals surface area contributed by atoms with Gasteiger partial charge in [0.25, 0.3) is 0 Å². The van der Waals surface area contributed by atoms with Crippen LogP contribution in [0, 0.1) is 0 Å². The van der Waals surface area contributed by atoms with Crippen LogP contribution in [0.4, 0.5) is 0 Å². The van der Waals surface area contributed by atoms with Crippen LogP contribution in [0.3, 0.4) is 0 Å². The molecule has 1 rings (SSSR count). The molecule has 1 aromatic rings. The molecule has 0 saturated heterocycles. The zero-order valence-electron chi connectivity index (χ0n) is 11.3. The quantitative estimate of drug-likeness (QED) is 0.725. The van der Waals surface area contributed by atoms with Crippen LogP contribution in [0.15, 0.2) is 0 Å². The molecular weight excluding hydrogens is 230 g/mol. The summed E-state index contributed by atoms with van der Waals surface area (Å²) in [5.74, 6) is 1.21. The zero-order valence-corrected chi connectivity index (χ0v) is 12.1. The van der Waals surface area contributed by atoms with Crippen LogP contribution in [0.25, 0.3) is 0 Å². The van der Waals surface area contributed by atoms with Gasteiger partial charge in [0.2, 0.25) is 0 Å². The van der Waals surface area contributed by atoms with Gasteiger partial charge in [0.1, 0.15) is 0 Å². The molecule has 4 heteroatoms. The average molecular weight is 255 g/mol. The largest absolute Gasteiger partial charge is 0.330 e. The molecular formula is C13H25N3S. The molecule has 0 unspecified atom stereocenters. The van der Waals surface area contributed by atoms with Crippen LogP contribution in [-0.2, 0) is 25.8 Å². The Morgan fingerprint density at radius 3 is 2.59 bits per heavy atom. The molecule has 98 valence electrons. The van der Waals surface area contributed by atoms with E-state index in [1.807, 2.05) is 11.8 Å². The maximum atomic E-state index is 5.70. The Morgan fingerprint density at radius 1 is 1.29 bits per heavy atom. The van der Waals surface area contributed by atoms with Gasteiger partial charge in [-0.2, -0.15) is 16.9 Å². The van der Waals surface area contributed by atoms with Crippen molar-refractivity contribution in [3.8, 4) is 0 Å². The third-order valence-corrected chi connectivity index (χ3v) is 3.73. The average Bonchev–Trinajstić information content (AvgIpc) is 2.67. The molecule has 2 N–H and O–H groups in total. The Labute approximate surface area is 109 Å². The van der Waals surface area contributed by atoms with E-state index in [2.05, 4.69) is 24.8 Å². The second-order valence-electron chi connectivity index (χ2n) is 4.19. The SMILES string of the molecule is CCc1nn(CCCSC)c(CC)c1CCN. The summed E-state index contributed by atoms with van der Waals surface area (Å²) in [6.45, 7) is 6.15. The third kappa shape index (κ3) is 3.75. The van der Waals surface area contributed by atoms with Crippen LogP contribution in [0.1, 0.15) is 37.2 Å². The maximum Gasteiger partial charge on any atom is 0.0657 e. The van der Waals surface area contributed by atoms with Crippen molar-refractivity contribution in [2.75, 3.05) is 18.6 Å². The highest BCUT2D eigenvalue weighted by atomic mass is 32.2. The topological polar surface area (TPSA) is 43.8 Å². The highest BCUT2D eigenvalue weighted by molar-refractivity contribution is 7.98. The summed E-state index contributed by atoms with van der Waals surface area (Å²) in [6, 6.07) is 0. The second kappa shape index (κ2) is 7.77. The first-order valence-corrected chi connectivity index (χ1v) is 7.94. The Hall–Kier alpha value is -0.480. The summed E-state index contributed by atoms with van der Waals surface area (Å²) in [5.41, 5.74) is 9.75. The summed E-state index contributed by atoms with van der Waals surface area (Å²) in [7, 11) is 0. The lowest BCUT2D eigenvalue weighted by molar-refractivity contribution is 0.573. The van der Waals surface area contributed by atoms with Gasteiger partial charge < -0.3 is 5.73 Å². The normalized spacial score (nSPS) is 11.1. The fourth-order valence-electron chi connectivity index (χ4n) is 2.25. The standard InChI is InChI=1S/C13H25N3S/c1-4-12-11(7-8-14)13(5-2)16(15-12)9-6-10-17-3/h4-10,14H2,1-3H3. The molecule has 0 amide bonds. The van der Waals surface area contributed by atoms with Crippen molar-refractivity contribution in [3.05, 3.63) is 17.0 Å². The first-order valence-electron chi connectivity index (χ1n) is 6.54. The van der Waals surface area contributed by atoms with E-state index in [4.69, 9.17) is 10.8 Å². The van der Waals surface area contributed by atoms with Gasteiger partial charge >= 0.3 is 0 Å². The van der Waals surface area contributed by atoms with E-state index in [1.54, 1.807) is 0 Å². The Bertz CT molecular complexity index is 334. The van der Waals surface area contributed by atoms with Crippen molar-refractivity contribution >= 4 is 11.8 Å². The lowest BCUT2D eigenvalue weighted by Gasteiger charge is -2.07. The number of thioether (sulfide) groups is 1.